The second-order valence-corrected chi connectivity index (χ2v) is 6.54. The van der Waals surface area contributed by atoms with Crippen molar-refractivity contribution in [2.24, 2.45) is 0 Å². The molecule has 6 nitrogen and oxygen atoms in total. The number of sulfone groups is 1. The average molecular weight is 308 g/mol. The number of rotatable bonds is 7. The highest BCUT2D eigenvalue weighted by Crippen LogP contribution is 2.25. The van der Waals surface area contributed by atoms with Crippen molar-refractivity contribution in [3.63, 3.8) is 0 Å². The fraction of sp³-hybridized carbons (Fsp3) is 0.455. The summed E-state index contributed by atoms with van der Waals surface area (Å²) in [4.78, 5) is 10.1. The summed E-state index contributed by atoms with van der Waals surface area (Å²) in [5.74, 6) is 0.563. The van der Waals surface area contributed by atoms with Crippen LogP contribution in [0.25, 0.3) is 0 Å². The van der Waals surface area contributed by atoms with Crippen molar-refractivity contribution in [2.75, 3.05) is 18.6 Å². The molecule has 0 fully saturated rings. The molecule has 1 aromatic rings. The third kappa shape index (κ3) is 5.44. The molecule has 0 unspecified atom stereocenters. The van der Waals surface area contributed by atoms with Gasteiger partial charge in [-0.2, -0.15) is 0 Å². The van der Waals surface area contributed by atoms with Gasteiger partial charge in [-0.05, 0) is 12.5 Å². The number of ether oxygens (including phenoxy) is 1. The van der Waals surface area contributed by atoms with Gasteiger partial charge in [0.05, 0.1) is 23.2 Å². The highest BCUT2D eigenvalue weighted by Gasteiger charge is 2.11. The van der Waals surface area contributed by atoms with Gasteiger partial charge < -0.3 is 4.74 Å². The van der Waals surface area contributed by atoms with Gasteiger partial charge in [-0.1, -0.05) is 0 Å². The Kier molecular flexibility index (Phi) is 5.56. The van der Waals surface area contributed by atoms with Gasteiger partial charge in [0.2, 0.25) is 0 Å². The third-order valence-electron chi connectivity index (χ3n) is 2.32. The Morgan fingerprint density at radius 1 is 1.42 bits per heavy atom. The molecule has 0 aliphatic carbocycles. The molecule has 1 rings (SSSR count). The van der Waals surface area contributed by atoms with Crippen LogP contribution in [0.1, 0.15) is 12.0 Å². The summed E-state index contributed by atoms with van der Waals surface area (Å²) in [6.07, 6.45) is 1.51. The molecule has 0 bridgehead atoms. The average Bonchev–Trinajstić information content (AvgIpc) is 2.33. The number of nitro benzene ring substituents is 1. The molecule has 0 aliphatic rings. The van der Waals surface area contributed by atoms with Gasteiger partial charge in [0.15, 0.2) is 0 Å². The lowest BCUT2D eigenvalue weighted by Crippen LogP contribution is -2.08. The Balaban J connectivity index is 2.66. The minimum Gasteiger partial charge on any atom is -0.493 e. The van der Waals surface area contributed by atoms with Gasteiger partial charge in [-0.25, -0.2) is 8.42 Å². The summed E-state index contributed by atoms with van der Waals surface area (Å²) in [7, 11) is -3.01. The molecular formula is C11H14ClNO5S. The molecule has 1 aromatic carbocycles. The molecule has 8 heteroatoms. The van der Waals surface area contributed by atoms with Crippen LogP contribution in [0.4, 0.5) is 5.69 Å². The standard InChI is InChI=1S/C11H14ClNO5S/c1-19(16,17)6-2-5-18-11-4-3-10(13(14)15)7-9(11)8-12/h3-4,7H,2,5-6,8H2,1H3. The van der Waals surface area contributed by atoms with E-state index >= 15 is 0 Å². The van der Waals surface area contributed by atoms with Crippen molar-refractivity contribution in [1.29, 1.82) is 0 Å². The summed E-state index contributed by atoms with van der Waals surface area (Å²) in [5.41, 5.74) is 0.453. The van der Waals surface area contributed by atoms with E-state index < -0.39 is 14.8 Å². The van der Waals surface area contributed by atoms with Gasteiger partial charge >= 0.3 is 0 Å². The smallest absolute Gasteiger partial charge is 0.270 e. The lowest BCUT2D eigenvalue weighted by atomic mass is 10.2. The van der Waals surface area contributed by atoms with Crippen LogP contribution in [0.2, 0.25) is 0 Å². The maximum atomic E-state index is 10.9. The number of halogens is 1. The maximum Gasteiger partial charge on any atom is 0.270 e. The number of nitrogens with zero attached hydrogens (tertiary/aromatic N) is 1. The Labute approximate surface area is 116 Å². The lowest BCUT2D eigenvalue weighted by molar-refractivity contribution is -0.384. The van der Waals surface area contributed by atoms with E-state index in [1.165, 1.54) is 18.2 Å². The van der Waals surface area contributed by atoms with E-state index in [2.05, 4.69) is 0 Å². The summed E-state index contributed by atoms with van der Waals surface area (Å²) < 4.78 is 27.3. The van der Waals surface area contributed by atoms with Gasteiger partial charge in [0, 0.05) is 24.0 Å². The number of benzene rings is 1. The first kappa shape index (κ1) is 15.7. The van der Waals surface area contributed by atoms with Crippen LogP contribution in [-0.4, -0.2) is 32.0 Å². The number of hydrogen-bond acceptors (Lipinski definition) is 5. The van der Waals surface area contributed by atoms with Crippen LogP contribution in [0.3, 0.4) is 0 Å². The topological polar surface area (TPSA) is 86.5 Å². The number of nitro groups is 1. The number of hydrogen-bond donors (Lipinski definition) is 0. The number of alkyl halides is 1. The normalized spacial score (nSPS) is 11.3. The molecule has 0 saturated heterocycles. The molecule has 0 spiro atoms. The van der Waals surface area contributed by atoms with Crippen LogP contribution in [0.15, 0.2) is 18.2 Å². The first-order valence-electron chi connectivity index (χ1n) is 5.47. The van der Waals surface area contributed by atoms with Gasteiger partial charge in [-0.3, -0.25) is 10.1 Å². The Hall–Kier alpha value is -1.34. The van der Waals surface area contributed by atoms with Crippen LogP contribution in [0, 0.1) is 10.1 Å². The van der Waals surface area contributed by atoms with E-state index in [0.29, 0.717) is 17.7 Å². The zero-order chi connectivity index (χ0) is 14.5. The lowest BCUT2D eigenvalue weighted by Gasteiger charge is -2.09. The van der Waals surface area contributed by atoms with Crippen LogP contribution < -0.4 is 4.74 Å². The van der Waals surface area contributed by atoms with E-state index in [0.717, 1.165) is 6.26 Å². The third-order valence-corrected chi connectivity index (χ3v) is 3.63. The molecule has 0 heterocycles. The molecule has 0 aromatic heterocycles. The van der Waals surface area contributed by atoms with Crippen LogP contribution in [-0.2, 0) is 15.7 Å². The van der Waals surface area contributed by atoms with Gasteiger partial charge in [0.1, 0.15) is 15.6 Å². The molecule has 106 valence electrons. The van der Waals surface area contributed by atoms with E-state index in [-0.39, 0.29) is 23.9 Å². The molecular weight excluding hydrogens is 294 g/mol. The second-order valence-electron chi connectivity index (χ2n) is 4.01. The summed E-state index contributed by atoms with van der Waals surface area (Å²) in [5, 5.41) is 10.6. The van der Waals surface area contributed by atoms with Crippen molar-refractivity contribution in [3.8, 4) is 5.75 Å². The van der Waals surface area contributed by atoms with Crippen LogP contribution >= 0.6 is 11.6 Å². The van der Waals surface area contributed by atoms with E-state index in [4.69, 9.17) is 16.3 Å². The van der Waals surface area contributed by atoms with Crippen LogP contribution in [0.5, 0.6) is 5.75 Å². The fourth-order valence-electron chi connectivity index (χ4n) is 1.43. The Morgan fingerprint density at radius 2 is 2.11 bits per heavy atom. The largest absolute Gasteiger partial charge is 0.493 e. The fourth-order valence-corrected chi connectivity index (χ4v) is 2.28. The zero-order valence-corrected chi connectivity index (χ0v) is 11.9. The van der Waals surface area contributed by atoms with Crippen molar-refractivity contribution in [1.82, 2.24) is 0 Å². The van der Waals surface area contributed by atoms with E-state index in [1.54, 1.807) is 0 Å². The van der Waals surface area contributed by atoms with Gasteiger partial charge in [-0.15, -0.1) is 11.6 Å². The molecule has 0 amide bonds. The SMILES string of the molecule is CS(=O)(=O)CCCOc1ccc([N+](=O)[O-])cc1CCl. The summed E-state index contributed by atoms with van der Waals surface area (Å²) >= 11 is 5.70. The molecule has 0 aliphatic heterocycles. The minimum absolute atomic E-state index is 0.0379. The molecule has 0 N–H and O–H groups in total. The van der Waals surface area contributed by atoms with Crippen molar-refractivity contribution < 1.29 is 18.1 Å². The maximum absolute atomic E-state index is 10.9. The van der Waals surface area contributed by atoms with E-state index in [9.17, 15) is 18.5 Å². The van der Waals surface area contributed by atoms with E-state index in [1.807, 2.05) is 0 Å². The Morgan fingerprint density at radius 3 is 2.63 bits per heavy atom. The first-order chi connectivity index (χ1) is 8.83. The predicted octanol–water partition coefficient (Wildman–Crippen LogP) is 2.15. The second kappa shape index (κ2) is 6.72. The van der Waals surface area contributed by atoms with Crippen molar-refractivity contribution in [3.05, 3.63) is 33.9 Å². The van der Waals surface area contributed by atoms with Crippen molar-refractivity contribution >= 4 is 27.1 Å². The molecule has 0 saturated carbocycles. The molecule has 0 radical (unpaired) electrons. The molecule has 19 heavy (non-hydrogen) atoms. The highest BCUT2D eigenvalue weighted by atomic mass is 35.5. The minimum atomic E-state index is -3.01. The molecule has 0 atom stereocenters. The quantitative estimate of drug-likeness (QED) is 0.333. The zero-order valence-electron chi connectivity index (χ0n) is 10.3. The predicted molar refractivity (Wildman–Crippen MR) is 72.5 cm³/mol. The monoisotopic (exact) mass is 307 g/mol. The Bertz CT molecular complexity index is 558. The highest BCUT2D eigenvalue weighted by molar-refractivity contribution is 7.90. The van der Waals surface area contributed by atoms with Crippen molar-refractivity contribution in [2.45, 2.75) is 12.3 Å². The summed E-state index contributed by atoms with van der Waals surface area (Å²) in [6, 6.07) is 4.14. The summed E-state index contributed by atoms with van der Waals surface area (Å²) in [6.45, 7) is 0.217. The number of non-ortho nitro benzene ring substituents is 1. The van der Waals surface area contributed by atoms with Gasteiger partial charge in [0.25, 0.3) is 5.69 Å². The first-order valence-corrected chi connectivity index (χ1v) is 8.07.